The van der Waals surface area contributed by atoms with Crippen LogP contribution in [-0.2, 0) is 33.2 Å². The molecule has 13 nitrogen and oxygen atoms in total. The number of ether oxygens (including phenoxy) is 7. The summed E-state index contributed by atoms with van der Waals surface area (Å²) in [5.41, 5.74) is 6.01. The Hall–Kier alpha value is -6.40. The lowest BCUT2D eigenvalue weighted by atomic mass is 9.95. The monoisotopic (exact) mass is 1180 g/mol. The van der Waals surface area contributed by atoms with E-state index in [0.717, 1.165) is 28.3 Å². The molecule has 6 rings (SSSR count). The van der Waals surface area contributed by atoms with Crippen molar-refractivity contribution in [3.63, 3.8) is 0 Å². The summed E-state index contributed by atoms with van der Waals surface area (Å²) in [6.45, 7) is 30.7. The van der Waals surface area contributed by atoms with Crippen molar-refractivity contribution >= 4 is 44.1 Å². The predicted molar refractivity (Wildman–Crippen MR) is 327 cm³/mol. The molecule has 0 spiro atoms. The van der Waals surface area contributed by atoms with Crippen LogP contribution in [0, 0.1) is 45.4 Å². The highest BCUT2D eigenvalue weighted by Gasteiger charge is 2.49. The van der Waals surface area contributed by atoms with Gasteiger partial charge in [0.1, 0.15) is 23.9 Å². The van der Waals surface area contributed by atoms with E-state index in [1.165, 1.54) is 12.2 Å². The van der Waals surface area contributed by atoms with Crippen molar-refractivity contribution in [1.82, 2.24) is 0 Å². The molecular formula is C68H88F2O13Si. The molecule has 9 atom stereocenters. The molecule has 0 bridgehead atoms. The van der Waals surface area contributed by atoms with Gasteiger partial charge in [0.25, 0.3) is 0 Å². The van der Waals surface area contributed by atoms with Crippen LogP contribution in [0.3, 0.4) is 0 Å². The first kappa shape index (κ1) is 68.4. The highest BCUT2D eigenvalue weighted by Crippen LogP contribution is 2.38. The van der Waals surface area contributed by atoms with Gasteiger partial charge < -0.3 is 43.4 Å². The van der Waals surface area contributed by atoms with E-state index in [1.54, 1.807) is 127 Å². The molecule has 2 saturated heterocycles. The van der Waals surface area contributed by atoms with Crippen LogP contribution >= 0.6 is 0 Å². The summed E-state index contributed by atoms with van der Waals surface area (Å²) in [4.78, 5) is 51.1. The lowest BCUT2D eigenvalue weighted by Gasteiger charge is -2.26. The van der Waals surface area contributed by atoms with E-state index in [9.17, 15) is 29.4 Å². The minimum absolute atomic E-state index is 0.0925. The number of carboxylic acids is 1. The number of aryl methyl sites for hydroxylation is 4. The lowest BCUT2D eigenvalue weighted by Crippen LogP contribution is -2.39. The Morgan fingerprint density at radius 1 is 0.607 bits per heavy atom. The van der Waals surface area contributed by atoms with E-state index in [-0.39, 0.29) is 35.4 Å². The van der Waals surface area contributed by atoms with Crippen molar-refractivity contribution in [3.05, 3.63) is 177 Å². The highest BCUT2D eigenvalue weighted by atomic mass is 28.3. The van der Waals surface area contributed by atoms with Crippen LogP contribution in [0.2, 0.25) is 25.7 Å². The van der Waals surface area contributed by atoms with Gasteiger partial charge in [-0.15, -0.1) is 0 Å². The summed E-state index contributed by atoms with van der Waals surface area (Å²) in [5, 5.41) is 19.6. The van der Waals surface area contributed by atoms with Gasteiger partial charge in [-0.3, -0.25) is 0 Å². The number of hydrogen-bond donors (Lipinski definition) is 2. The van der Waals surface area contributed by atoms with Gasteiger partial charge in [-0.1, -0.05) is 143 Å². The number of esters is 3. The molecule has 2 aliphatic heterocycles. The molecule has 0 aromatic heterocycles. The van der Waals surface area contributed by atoms with Gasteiger partial charge in [0.15, 0.2) is 23.8 Å². The number of carboxylic acid groups (broad SMARTS) is 1. The van der Waals surface area contributed by atoms with Crippen LogP contribution in [0.5, 0.6) is 0 Å². The number of aromatic carboxylic acids is 1. The highest BCUT2D eigenvalue weighted by molar-refractivity contribution is 6.76. The van der Waals surface area contributed by atoms with E-state index in [1.807, 2.05) is 71.9 Å². The average molecular weight is 1180 g/mol. The molecule has 2 N–H and O–H groups in total. The molecule has 0 radical (unpaired) electrons. The maximum absolute atomic E-state index is 16.0. The molecule has 2 unspecified atom stereocenters. The van der Waals surface area contributed by atoms with Crippen LogP contribution in [0.1, 0.15) is 150 Å². The van der Waals surface area contributed by atoms with Gasteiger partial charge in [0, 0.05) is 14.0 Å². The molecule has 456 valence electrons. The van der Waals surface area contributed by atoms with Crippen LogP contribution in [0.4, 0.5) is 8.78 Å². The second-order valence-electron chi connectivity index (χ2n) is 24.6. The zero-order valence-corrected chi connectivity index (χ0v) is 52.8. The van der Waals surface area contributed by atoms with Crippen molar-refractivity contribution < 1.29 is 71.3 Å². The van der Waals surface area contributed by atoms with Crippen molar-refractivity contribution in [2.45, 2.75) is 183 Å². The Kier molecular flexibility index (Phi) is 24.5. The van der Waals surface area contributed by atoms with Gasteiger partial charge in [-0.2, -0.15) is 0 Å². The first-order valence-corrected chi connectivity index (χ1v) is 32.6. The fourth-order valence-corrected chi connectivity index (χ4v) is 10.4. The first-order chi connectivity index (χ1) is 39.3. The molecule has 2 fully saturated rings. The quantitative estimate of drug-likeness (QED) is 0.0408. The lowest BCUT2D eigenvalue weighted by molar-refractivity contribution is -0.154. The minimum Gasteiger partial charge on any atom is -0.478 e. The normalized spacial score (nSPS) is 20.7. The van der Waals surface area contributed by atoms with Gasteiger partial charge >= 0.3 is 23.9 Å². The van der Waals surface area contributed by atoms with E-state index in [4.69, 9.17) is 33.2 Å². The zero-order valence-electron chi connectivity index (χ0n) is 51.8. The third-order valence-electron chi connectivity index (χ3n) is 14.6. The smallest absolute Gasteiger partial charge is 0.338 e. The third-order valence-corrected chi connectivity index (χ3v) is 16.3. The summed E-state index contributed by atoms with van der Waals surface area (Å²) in [6.07, 6.45) is 3.69. The summed E-state index contributed by atoms with van der Waals surface area (Å²) in [6, 6.07) is 25.2. The van der Waals surface area contributed by atoms with Crippen molar-refractivity contribution in [2.24, 2.45) is 17.8 Å². The maximum atomic E-state index is 16.0. The number of aliphatic hydroxyl groups excluding tert-OH is 1. The van der Waals surface area contributed by atoms with Crippen LogP contribution in [0.25, 0.3) is 12.2 Å². The molecule has 4 aromatic carbocycles. The summed E-state index contributed by atoms with van der Waals surface area (Å²) >= 11 is 0. The Labute approximate surface area is 497 Å². The molecule has 16 heteroatoms. The number of rotatable bonds is 23. The number of carbonyl (C=O) groups is 4. The van der Waals surface area contributed by atoms with Crippen LogP contribution in [-0.4, -0.2) is 103 Å². The number of carbonyl (C=O) groups excluding carboxylic acids is 3. The molecule has 4 aromatic rings. The number of hydrogen-bond acceptors (Lipinski definition) is 12. The molecule has 0 saturated carbocycles. The topological polar surface area (TPSA) is 173 Å². The standard InChI is InChI=1S/C37H51FO6Si.C31H37FO7/c1-24(2)26(4)23-30(38)33(42-35(39)28-15-12-11-13-16-28)34-31(43-37(6,7)44-34)18-14-17-29-22-25(3)21-27(5)32(29)36(40)41-19-20-45(8,9)10;1-18-15-20(3)26(29(34)35)23(16-18)13-10-14-25-28(39-31(5,6)38-25)27(24(32)17-19(2)21(4)33)37-30(36)22-11-8-7-9-12-22/h11-17,21-24,26,31,33-34H,18-20H2,1-10H3;7-13,15-17,19,21,25,27-28,33H,14H2,1-6H3,(H,34,35)/b17-14+,30-23+;13-10+,24-17+/t26-,31-,33?,34-;19-,21-,25-,27?,28-/m00/s1. The zero-order chi connectivity index (χ0) is 62.4. The number of halogens is 2. The van der Waals surface area contributed by atoms with Crippen molar-refractivity contribution in [3.8, 4) is 0 Å². The van der Waals surface area contributed by atoms with Gasteiger partial charge in [-0.05, 0) is 152 Å². The molecule has 84 heavy (non-hydrogen) atoms. The fraction of sp³-hybridized carbons (Fsp3) is 0.471. The molecular weight excluding hydrogens is 1090 g/mol. The summed E-state index contributed by atoms with van der Waals surface area (Å²) in [5.74, 6) is -6.64. The summed E-state index contributed by atoms with van der Waals surface area (Å²) < 4.78 is 73.5. The van der Waals surface area contributed by atoms with Gasteiger partial charge in [0.2, 0.25) is 0 Å². The van der Waals surface area contributed by atoms with Gasteiger partial charge in [-0.25, -0.2) is 28.0 Å². The SMILES string of the molecule is Cc1cc(C)c(C(=O)O)c(/C=C/C[C@@H]2OC(C)(C)O[C@@H]2C(OC(=O)c2ccccc2)/C(F)=C\[C@H](C)[C@H](C)O)c1.Cc1cc(C)c(C(=O)OCC[Si](C)(C)C)c(/C=C/C[C@@H]2OC(C)(C)O[C@@H]2C(OC(=O)c2ccccc2)/C(F)=C\[C@H](C)C(C)C)c1. The number of aliphatic hydroxyl groups is 1. The number of benzene rings is 4. The Balaban J connectivity index is 0.000000310. The van der Waals surface area contributed by atoms with E-state index >= 15 is 8.78 Å². The second-order valence-corrected chi connectivity index (χ2v) is 30.2. The van der Waals surface area contributed by atoms with Crippen molar-refractivity contribution in [2.75, 3.05) is 6.61 Å². The van der Waals surface area contributed by atoms with Crippen LogP contribution < -0.4 is 0 Å². The van der Waals surface area contributed by atoms with E-state index in [0.29, 0.717) is 35.3 Å². The Morgan fingerprint density at radius 3 is 1.40 bits per heavy atom. The molecule has 0 amide bonds. The summed E-state index contributed by atoms with van der Waals surface area (Å²) in [7, 11) is -1.36. The largest absolute Gasteiger partial charge is 0.478 e. The molecule has 2 heterocycles. The van der Waals surface area contributed by atoms with Crippen molar-refractivity contribution in [1.29, 1.82) is 0 Å². The fourth-order valence-electron chi connectivity index (χ4n) is 9.72. The average Bonchev–Trinajstić information content (AvgIpc) is 3.48. The number of allylic oxidation sites excluding steroid dienone is 1. The second kappa shape index (κ2) is 30.1. The minimum atomic E-state index is -1.44. The first-order valence-electron chi connectivity index (χ1n) is 28.9. The molecule has 0 aliphatic carbocycles. The Morgan fingerprint density at radius 2 is 1.01 bits per heavy atom. The Bertz CT molecular complexity index is 3010. The molecule has 2 aliphatic rings. The predicted octanol–water partition coefficient (Wildman–Crippen LogP) is 15.1. The third kappa shape index (κ3) is 20.1. The maximum Gasteiger partial charge on any atom is 0.338 e. The van der Waals surface area contributed by atoms with Gasteiger partial charge in [0.05, 0.1) is 47.2 Å². The van der Waals surface area contributed by atoms with E-state index < -0.39 is 97.9 Å². The van der Waals surface area contributed by atoms with E-state index in [2.05, 4.69) is 19.6 Å². The van der Waals surface area contributed by atoms with Crippen LogP contribution in [0.15, 0.2) is 121 Å².